The van der Waals surface area contributed by atoms with Crippen molar-refractivity contribution in [3.8, 4) is 5.69 Å². The Labute approximate surface area is 164 Å². The molecule has 0 spiro atoms. The Balaban J connectivity index is 1.71. The van der Waals surface area contributed by atoms with Crippen LogP contribution in [0, 0.1) is 20.8 Å². The molecule has 6 nitrogen and oxygen atoms in total. The van der Waals surface area contributed by atoms with Gasteiger partial charge in [0.05, 0.1) is 17.1 Å². The first-order chi connectivity index (χ1) is 12.5. The summed E-state index contributed by atoms with van der Waals surface area (Å²) in [5, 5.41) is 15.4. The summed E-state index contributed by atoms with van der Waals surface area (Å²) in [5.41, 5.74) is 4.97. The molecule has 8 heteroatoms. The number of carbonyl (C=O) groups is 1. The van der Waals surface area contributed by atoms with Gasteiger partial charge in [0.25, 0.3) is 0 Å². The summed E-state index contributed by atoms with van der Waals surface area (Å²) in [7, 11) is 0. The Morgan fingerprint density at radius 3 is 2.62 bits per heavy atom. The molecule has 1 aromatic heterocycles. The van der Waals surface area contributed by atoms with Gasteiger partial charge in [-0.3, -0.25) is 4.79 Å². The van der Waals surface area contributed by atoms with Gasteiger partial charge in [-0.15, -0.1) is 5.10 Å². The summed E-state index contributed by atoms with van der Waals surface area (Å²) in [6.07, 6.45) is 0. The Morgan fingerprint density at radius 2 is 1.92 bits per heavy atom. The number of aromatic nitrogens is 4. The zero-order valence-corrected chi connectivity index (χ0v) is 17.1. The van der Waals surface area contributed by atoms with Gasteiger partial charge in [-0.05, 0) is 76.0 Å². The fourth-order valence-electron chi connectivity index (χ4n) is 2.59. The highest BCUT2D eigenvalue weighted by atomic mass is 79.9. The van der Waals surface area contributed by atoms with E-state index in [0.29, 0.717) is 5.16 Å². The van der Waals surface area contributed by atoms with Crippen molar-refractivity contribution in [1.29, 1.82) is 0 Å². The predicted molar refractivity (Wildman–Crippen MR) is 107 cm³/mol. The first kappa shape index (κ1) is 18.6. The molecule has 0 radical (unpaired) electrons. The van der Waals surface area contributed by atoms with Crippen molar-refractivity contribution < 1.29 is 4.79 Å². The number of aryl methyl sites for hydroxylation is 3. The highest BCUT2D eigenvalue weighted by Gasteiger charge is 2.15. The number of thioether (sulfide) groups is 1. The number of benzene rings is 2. The van der Waals surface area contributed by atoms with Crippen LogP contribution in [0.4, 0.5) is 5.69 Å². The molecule has 0 atom stereocenters. The molecule has 0 unspecified atom stereocenters. The monoisotopic (exact) mass is 431 g/mol. The zero-order chi connectivity index (χ0) is 18.7. The Bertz CT molecular complexity index is 936. The van der Waals surface area contributed by atoms with Gasteiger partial charge in [-0.1, -0.05) is 36.0 Å². The molecule has 0 saturated carbocycles. The van der Waals surface area contributed by atoms with Crippen LogP contribution in [0.5, 0.6) is 0 Å². The van der Waals surface area contributed by atoms with Crippen molar-refractivity contribution in [2.75, 3.05) is 11.1 Å². The maximum atomic E-state index is 12.3. The number of nitrogens with zero attached hydrogens (tertiary/aromatic N) is 4. The van der Waals surface area contributed by atoms with Gasteiger partial charge >= 0.3 is 0 Å². The smallest absolute Gasteiger partial charge is 0.234 e. The predicted octanol–water partition coefficient (Wildman–Crippen LogP) is 4.08. The zero-order valence-electron chi connectivity index (χ0n) is 14.7. The van der Waals surface area contributed by atoms with Gasteiger partial charge in [0, 0.05) is 4.47 Å². The number of hydrogen-bond acceptors (Lipinski definition) is 5. The van der Waals surface area contributed by atoms with Crippen LogP contribution in [0.3, 0.4) is 0 Å². The lowest BCUT2D eigenvalue weighted by molar-refractivity contribution is -0.113. The number of amides is 1. The number of anilines is 1. The molecular weight excluding hydrogens is 414 g/mol. The molecule has 0 aliphatic rings. The maximum absolute atomic E-state index is 12.3. The van der Waals surface area contributed by atoms with Crippen molar-refractivity contribution in [1.82, 2.24) is 20.2 Å². The van der Waals surface area contributed by atoms with E-state index in [-0.39, 0.29) is 11.7 Å². The summed E-state index contributed by atoms with van der Waals surface area (Å²) >= 11 is 4.77. The SMILES string of the molecule is Cc1ccc(NC(=O)CSc2nnnn2-c2c(C)cccc2C)c(Br)c1. The van der Waals surface area contributed by atoms with E-state index in [1.54, 1.807) is 4.68 Å². The molecule has 26 heavy (non-hydrogen) atoms. The van der Waals surface area contributed by atoms with Gasteiger partial charge in [0.2, 0.25) is 11.1 Å². The molecule has 0 fully saturated rings. The minimum Gasteiger partial charge on any atom is -0.324 e. The minimum atomic E-state index is -0.115. The summed E-state index contributed by atoms with van der Waals surface area (Å²) in [4.78, 5) is 12.3. The van der Waals surface area contributed by atoms with Crippen LogP contribution in [0.15, 0.2) is 46.0 Å². The molecule has 0 bridgehead atoms. The van der Waals surface area contributed by atoms with E-state index in [0.717, 1.165) is 32.5 Å². The fourth-order valence-corrected chi connectivity index (χ4v) is 3.86. The highest BCUT2D eigenvalue weighted by Crippen LogP contribution is 2.25. The quantitative estimate of drug-likeness (QED) is 0.616. The third kappa shape index (κ3) is 4.13. The lowest BCUT2D eigenvalue weighted by Gasteiger charge is -2.11. The van der Waals surface area contributed by atoms with E-state index >= 15 is 0 Å². The molecule has 2 aromatic carbocycles. The van der Waals surface area contributed by atoms with Gasteiger partial charge in [0.1, 0.15) is 0 Å². The van der Waals surface area contributed by atoms with E-state index in [2.05, 4.69) is 36.8 Å². The van der Waals surface area contributed by atoms with Crippen molar-refractivity contribution in [2.45, 2.75) is 25.9 Å². The lowest BCUT2D eigenvalue weighted by atomic mass is 10.1. The number of rotatable bonds is 5. The second kappa shape index (κ2) is 8.01. The van der Waals surface area contributed by atoms with Crippen molar-refractivity contribution in [3.05, 3.63) is 57.6 Å². The molecule has 0 saturated heterocycles. The molecular formula is C18H18BrN5OS. The Kier molecular flexibility index (Phi) is 5.73. The average Bonchev–Trinajstić information content (AvgIpc) is 3.04. The summed E-state index contributed by atoms with van der Waals surface area (Å²) in [6, 6.07) is 11.8. The molecule has 3 rings (SSSR count). The maximum Gasteiger partial charge on any atom is 0.234 e. The molecule has 134 valence electrons. The Hall–Kier alpha value is -2.19. The third-order valence-electron chi connectivity index (χ3n) is 3.82. The van der Waals surface area contributed by atoms with E-state index < -0.39 is 0 Å². The van der Waals surface area contributed by atoms with E-state index in [1.807, 2.05) is 57.2 Å². The molecule has 1 heterocycles. The van der Waals surface area contributed by atoms with E-state index in [9.17, 15) is 4.79 Å². The van der Waals surface area contributed by atoms with Crippen molar-refractivity contribution in [3.63, 3.8) is 0 Å². The first-order valence-electron chi connectivity index (χ1n) is 7.99. The first-order valence-corrected chi connectivity index (χ1v) is 9.77. The topological polar surface area (TPSA) is 72.7 Å². The number of nitrogens with one attached hydrogen (secondary N) is 1. The highest BCUT2D eigenvalue weighted by molar-refractivity contribution is 9.10. The van der Waals surface area contributed by atoms with Crippen LogP contribution in [-0.4, -0.2) is 31.9 Å². The van der Waals surface area contributed by atoms with Gasteiger partial charge in [0.15, 0.2) is 0 Å². The number of halogens is 1. The van der Waals surface area contributed by atoms with E-state index in [1.165, 1.54) is 11.8 Å². The second-order valence-corrected chi connectivity index (χ2v) is 7.73. The minimum absolute atomic E-state index is 0.115. The number of tetrazole rings is 1. The summed E-state index contributed by atoms with van der Waals surface area (Å²) in [5.74, 6) is 0.0987. The third-order valence-corrected chi connectivity index (χ3v) is 5.40. The fraction of sp³-hybridized carbons (Fsp3) is 0.222. The number of hydrogen-bond donors (Lipinski definition) is 1. The molecule has 1 N–H and O–H groups in total. The molecule has 1 amide bonds. The van der Waals surface area contributed by atoms with Gasteiger partial charge in [-0.2, -0.15) is 4.68 Å². The van der Waals surface area contributed by atoms with Gasteiger partial charge in [-0.25, -0.2) is 0 Å². The Morgan fingerprint density at radius 1 is 1.19 bits per heavy atom. The number of para-hydroxylation sites is 1. The summed E-state index contributed by atoms with van der Waals surface area (Å²) in [6.45, 7) is 6.03. The van der Waals surface area contributed by atoms with Crippen molar-refractivity contribution in [2.24, 2.45) is 0 Å². The van der Waals surface area contributed by atoms with Crippen LogP contribution in [0.1, 0.15) is 16.7 Å². The second-order valence-electron chi connectivity index (χ2n) is 5.93. The largest absolute Gasteiger partial charge is 0.324 e. The molecule has 3 aromatic rings. The van der Waals surface area contributed by atoms with Crippen LogP contribution in [0.25, 0.3) is 5.69 Å². The summed E-state index contributed by atoms with van der Waals surface area (Å²) < 4.78 is 2.54. The van der Waals surface area contributed by atoms with Crippen LogP contribution in [0.2, 0.25) is 0 Å². The average molecular weight is 432 g/mol. The molecule has 0 aliphatic heterocycles. The van der Waals surface area contributed by atoms with E-state index in [4.69, 9.17) is 0 Å². The van der Waals surface area contributed by atoms with Crippen LogP contribution in [-0.2, 0) is 4.79 Å². The normalized spacial score (nSPS) is 10.8. The van der Waals surface area contributed by atoms with Crippen LogP contribution >= 0.6 is 27.7 Å². The standard InChI is InChI=1S/C18H18BrN5OS/c1-11-7-8-15(14(19)9-11)20-16(25)10-26-18-21-22-23-24(18)17-12(2)5-4-6-13(17)3/h4-9H,10H2,1-3H3,(H,20,25). The molecule has 0 aliphatic carbocycles. The number of carbonyl (C=O) groups excluding carboxylic acids is 1. The van der Waals surface area contributed by atoms with Gasteiger partial charge < -0.3 is 5.32 Å². The van der Waals surface area contributed by atoms with Crippen molar-refractivity contribution >= 4 is 39.3 Å². The lowest BCUT2D eigenvalue weighted by Crippen LogP contribution is -2.15. The van der Waals surface area contributed by atoms with Crippen LogP contribution < -0.4 is 5.32 Å².